The number of thiazole rings is 1. The fourth-order valence-electron chi connectivity index (χ4n) is 1.67. The molecule has 2 aromatic heterocycles. The summed E-state index contributed by atoms with van der Waals surface area (Å²) in [5.41, 5.74) is 1.63. The highest BCUT2D eigenvalue weighted by molar-refractivity contribution is 7.13. The zero-order chi connectivity index (χ0) is 14.5. The molecule has 0 radical (unpaired) electrons. The number of hydrogen-bond donors (Lipinski definition) is 2. The molecule has 0 spiro atoms. The average molecular weight is 306 g/mol. The number of aryl methyl sites for hydroxylation is 2. The third-order valence-electron chi connectivity index (χ3n) is 2.50. The van der Waals surface area contributed by atoms with Crippen LogP contribution in [0.25, 0.3) is 0 Å². The molecule has 2 rings (SSSR count). The lowest BCUT2D eigenvalue weighted by atomic mass is 10.3. The summed E-state index contributed by atoms with van der Waals surface area (Å²) in [5.74, 6) is 5.34. The third-order valence-corrected chi connectivity index (χ3v) is 4.51. The molecule has 0 saturated carbocycles. The molecule has 104 valence electrons. The van der Waals surface area contributed by atoms with E-state index in [1.54, 1.807) is 0 Å². The van der Waals surface area contributed by atoms with E-state index >= 15 is 0 Å². The summed E-state index contributed by atoms with van der Waals surface area (Å²) < 4.78 is 0. The average Bonchev–Trinajstić information content (AvgIpc) is 3.00. The number of nitrogens with zero attached hydrogens (tertiary/aromatic N) is 1. The molecule has 0 aromatic carbocycles. The van der Waals surface area contributed by atoms with Crippen molar-refractivity contribution in [2.75, 3.05) is 6.61 Å². The van der Waals surface area contributed by atoms with Gasteiger partial charge < -0.3 is 10.4 Å². The van der Waals surface area contributed by atoms with Crippen LogP contribution in [0.3, 0.4) is 0 Å². The molecular weight excluding hydrogens is 292 g/mol. The van der Waals surface area contributed by atoms with Crippen LogP contribution in [0.4, 0.5) is 0 Å². The lowest BCUT2D eigenvalue weighted by Gasteiger charge is -2.01. The molecule has 0 unspecified atom stereocenters. The van der Waals surface area contributed by atoms with Crippen molar-refractivity contribution in [3.63, 3.8) is 0 Å². The highest BCUT2D eigenvalue weighted by atomic mass is 32.1. The molecule has 2 aromatic rings. The van der Waals surface area contributed by atoms with Gasteiger partial charge in [-0.2, -0.15) is 0 Å². The van der Waals surface area contributed by atoms with E-state index in [0.717, 1.165) is 21.1 Å². The number of nitrogens with one attached hydrogen (secondary N) is 1. The summed E-state index contributed by atoms with van der Waals surface area (Å²) >= 11 is 2.94. The van der Waals surface area contributed by atoms with E-state index in [-0.39, 0.29) is 12.5 Å². The first-order valence-electron chi connectivity index (χ1n) is 5.99. The van der Waals surface area contributed by atoms with Crippen LogP contribution in [0.1, 0.15) is 30.8 Å². The Labute approximate surface area is 125 Å². The summed E-state index contributed by atoms with van der Waals surface area (Å²) in [6, 6.07) is 1.92. The van der Waals surface area contributed by atoms with Crippen LogP contribution in [0, 0.1) is 25.7 Å². The lowest BCUT2D eigenvalue weighted by molar-refractivity contribution is 0.0954. The van der Waals surface area contributed by atoms with Crippen molar-refractivity contribution in [3.8, 4) is 11.8 Å². The van der Waals surface area contributed by atoms with E-state index < -0.39 is 0 Å². The largest absolute Gasteiger partial charge is 0.384 e. The fourth-order valence-corrected chi connectivity index (χ4v) is 3.26. The number of carbonyl (C=O) groups excluding carboxylic acids is 1. The van der Waals surface area contributed by atoms with Crippen LogP contribution in [0.15, 0.2) is 11.4 Å². The van der Waals surface area contributed by atoms with Gasteiger partial charge in [0, 0.05) is 15.8 Å². The summed E-state index contributed by atoms with van der Waals surface area (Å²) in [6.07, 6.45) is 0. The number of hydrogen-bond acceptors (Lipinski definition) is 5. The highest BCUT2D eigenvalue weighted by Gasteiger charge is 2.13. The first-order valence-corrected chi connectivity index (χ1v) is 7.69. The van der Waals surface area contributed by atoms with Gasteiger partial charge in [0.15, 0.2) is 0 Å². The van der Waals surface area contributed by atoms with Crippen molar-refractivity contribution >= 4 is 28.6 Å². The number of rotatable bonds is 3. The van der Waals surface area contributed by atoms with Gasteiger partial charge in [-0.15, -0.1) is 22.7 Å². The zero-order valence-electron chi connectivity index (χ0n) is 11.2. The molecule has 0 bridgehead atoms. The second-order valence-corrected chi connectivity index (χ2v) is 6.29. The third kappa shape index (κ3) is 3.67. The van der Waals surface area contributed by atoms with Crippen molar-refractivity contribution in [1.82, 2.24) is 10.3 Å². The number of aliphatic hydroxyl groups is 1. The molecule has 0 fully saturated rings. The maximum absolute atomic E-state index is 12.0. The van der Waals surface area contributed by atoms with Crippen molar-refractivity contribution in [2.45, 2.75) is 20.4 Å². The minimum atomic E-state index is -0.147. The second-order valence-electron chi connectivity index (χ2n) is 4.09. The van der Waals surface area contributed by atoms with E-state index in [1.165, 1.54) is 22.7 Å². The van der Waals surface area contributed by atoms with Crippen molar-refractivity contribution in [1.29, 1.82) is 0 Å². The monoisotopic (exact) mass is 306 g/mol. The first kappa shape index (κ1) is 14.7. The molecular formula is C14H14N2O2S2. The Morgan fingerprint density at radius 3 is 2.95 bits per heavy atom. The smallest absolute Gasteiger partial charge is 0.263 e. The van der Waals surface area contributed by atoms with Gasteiger partial charge in [-0.1, -0.05) is 11.8 Å². The predicted molar refractivity (Wildman–Crippen MR) is 81.0 cm³/mol. The Morgan fingerprint density at radius 2 is 2.30 bits per heavy atom. The molecule has 2 heterocycles. The van der Waals surface area contributed by atoms with Crippen LogP contribution in [-0.2, 0) is 6.54 Å². The topological polar surface area (TPSA) is 62.2 Å². The molecule has 0 aliphatic heterocycles. The van der Waals surface area contributed by atoms with E-state index in [2.05, 4.69) is 22.1 Å². The number of amides is 1. The summed E-state index contributed by atoms with van der Waals surface area (Å²) in [6.45, 7) is 4.05. The van der Waals surface area contributed by atoms with Gasteiger partial charge in [0.05, 0.1) is 17.2 Å². The van der Waals surface area contributed by atoms with Crippen molar-refractivity contribution in [2.24, 2.45) is 0 Å². The van der Waals surface area contributed by atoms with Gasteiger partial charge in [0.25, 0.3) is 5.91 Å². The highest BCUT2D eigenvalue weighted by Crippen LogP contribution is 2.18. The molecule has 1 amide bonds. The van der Waals surface area contributed by atoms with Crippen LogP contribution in [0.2, 0.25) is 0 Å². The molecule has 2 N–H and O–H groups in total. The summed E-state index contributed by atoms with van der Waals surface area (Å²) in [5, 5.41) is 14.3. The molecule has 6 heteroatoms. The molecule has 0 atom stereocenters. The zero-order valence-corrected chi connectivity index (χ0v) is 12.8. The maximum atomic E-state index is 12.0. The van der Waals surface area contributed by atoms with Crippen LogP contribution in [0.5, 0.6) is 0 Å². The molecule has 0 aliphatic carbocycles. The number of aromatic nitrogens is 1. The van der Waals surface area contributed by atoms with Gasteiger partial charge in [-0.25, -0.2) is 4.98 Å². The number of thiophene rings is 1. The minimum absolute atomic E-state index is 0.0931. The van der Waals surface area contributed by atoms with E-state index in [0.29, 0.717) is 11.4 Å². The SMILES string of the molecule is Cc1nc(C)c(C(=O)NCc2cc(C#CCO)cs2)s1. The van der Waals surface area contributed by atoms with Gasteiger partial charge in [-0.05, 0) is 19.9 Å². The Balaban J connectivity index is 1.96. The van der Waals surface area contributed by atoms with Gasteiger partial charge in [-0.3, -0.25) is 4.79 Å². The predicted octanol–water partition coefficient (Wildman–Crippen LogP) is 2.10. The second kappa shape index (κ2) is 6.66. The van der Waals surface area contributed by atoms with E-state index in [1.807, 2.05) is 25.3 Å². The Morgan fingerprint density at radius 1 is 1.50 bits per heavy atom. The Bertz CT molecular complexity index is 677. The summed E-state index contributed by atoms with van der Waals surface area (Å²) in [4.78, 5) is 18.0. The van der Waals surface area contributed by atoms with Crippen LogP contribution in [-0.4, -0.2) is 22.6 Å². The quantitative estimate of drug-likeness (QED) is 0.854. The van der Waals surface area contributed by atoms with Crippen LogP contribution < -0.4 is 5.32 Å². The maximum Gasteiger partial charge on any atom is 0.263 e. The van der Waals surface area contributed by atoms with Gasteiger partial charge >= 0.3 is 0 Å². The summed E-state index contributed by atoms with van der Waals surface area (Å²) in [7, 11) is 0. The Kier molecular flexibility index (Phi) is 4.90. The van der Waals surface area contributed by atoms with E-state index in [4.69, 9.17) is 5.11 Å². The molecule has 20 heavy (non-hydrogen) atoms. The number of aliphatic hydroxyl groups excluding tert-OH is 1. The Hall–Kier alpha value is -1.68. The molecule has 0 aliphatic rings. The normalized spacial score (nSPS) is 9.95. The molecule has 4 nitrogen and oxygen atoms in total. The van der Waals surface area contributed by atoms with Gasteiger partial charge in [0.2, 0.25) is 0 Å². The molecule has 0 saturated heterocycles. The fraction of sp³-hybridized carbons (Fsp3) is 0.286. The van der Waals surface area contributed by atoms with E-state index in [9.17, 15) is 4.79 Å². The van der Waals surface area contributed by atoms with Crippen molar-refractivity contribution in [3.05, 3.63) is 37.5 Å². The van der Waals surface area contributed by atoms with Crippen molar-refractivity contribution < 1.29 is 9.90 Å². The lowest BCUT2D eigenvalue weighted by Crippen LogP contribution is -2.22. The first-order chi connectivity index (χ1) is 9.60. The van der Waals surface area contributed by atoms with Gasteiger partial charge in [0.1, 0.15) is 11.5 Å². The van der Waals surface area contributed by atoms with Crippen LogP contribution >= 0.6 is 22.7 Å². The minimum Gasteiger partial charge on any atom is -0.384 e. The standard InChI is InChI=1S/C14H14N2O2S2/c1-9-13(20-10(2)16-9)14(18)15-7-12-6-11(8-19-12)4-3-5-17/h6,8,17H,5,7H2,1-2H3,(H,15,18). The number of carbonyl (C=O) groups is 1.